The zero-order valence-corrected chi connectivity index (χ0v) is 13.4. The second kappa shape index (κ2) is 6.35. The van der Waals surface area contributed by atoms with Crippen molar-refractivity contribution in [2.45, 2.75) is 45.8 Å². The van der Waals surface area contributed by atoms with E-state index in [1.165, 1.54) is 10.4 Å². The fraction of sp³-hybridized carbons (Fsp3) is 0.733. The minimum absolute atomic E-state index is 0.178. The van der Waals surface area contributed by atoms with Crippen molar-refractivity contribution in [3.05, 3.63) is 21.9 Å². The van der Waals surface area contributed by atoms with Crippen molar-refractivity contribution < 1.29 is 0 Å². The summed E-state index contributed by atoms with van der Waals surface area (Å²) in [4.78, 5) is 6.59. The number of hydrogen-bond acceptors (Lipinski definition) is 4. The van der Waals surface area contributed by atoms with Crippen LogP contribution in [0, 0.1) is 6.92 Å². The molecule has 3 atom stereocenters. The first-order valence-electron chi connectivity index (χ1n) is 7.32. The van der Waals surface area contributed by atoms with Crippen molar-refractivity contribution in [2.24, 2.45) is 5.73 Å². The molecule has 1 aromatic rings. The Morgan fingerprint density at radius 2 is 2.21 bits per heavy atom. The smallest absolute Gasteiger partial charge is 0.0594 e. The van der Waals surface area contributed by atoms with E-state index in [2.05, 4.69) is 48.9 Å². The van der Waals surface area contributed by atoms with Crippen molar-refractivity contribution in [3.8, 4) is 0 Å². The van der Waals surface area contributed by atoms with E-state index < -0.39 is 0 Å². The molecule has 2 rings (SSSR count). The molecule has 1 aliphatic rings. The Balaban J connectivity index is 2.16. The first-order chi connectivity index (χ1) is 9.04. The zero-order valence-electron chi connectivity index (χ0n) is 12.6. The Morgan fingerprint density at radius 1 is 1.47 bits per heavy atom. The minimum atomic E-state index is 0.178. The largest absolute Gasteiger partial charge is 0.326 e. The summed E-state index contributed by atoms with van der Waals surface area (Å²) in [6.45, 7) is 13.5. The van der Waals surface area contributed by atoms with E-state index in [1.807, 2.05) is 11.3 Å². The molecule has 4 heteroatoms. The molecule has 0 aromatic carbocycles. The van der Waals surface area contributed by atoms with Gasteiger partial charge in [0.1, 0.15) is 0 Å². The van der Waals surface area contributed by atoms with Gasteiger partial charge in [0, 0.05) is 36.6 Å². The third-order valence-corrected chi connectivity index (χ3v) is 5.35. The lowest BCUT2D eigenvalue weighted by atomic mass is 10.0. The van der Waals surface area contributed by atoms with Crippen molar-refractivity contribution in [1.82, 2.24) is 9.80 Å². The fourth-order valence-electron chi connectivity index (χ4n) is 3.17. The van der Waals surface area contributed by atoms with Gasteiger partial charge in [-0.15, -0.1) is 11.3 Å². The maximum absolute atomic E-state index is 6.29. The number of likely N-dealkylation sites (N-methyl/N-ethyl adjacent to an activating group) is 1. The predicted octanol–water partition coefficient (Wildman–Crippen LogP) is 2.47. The Bertz CT molecular complexity index is 402. The molecule has 0 spiro atoms. The number of hydrogen-bond donors (Lipinski definition) is 1. The topological polar surface area (TPSA) is 32.5 Å². The summed E-state index contributed by atoms with van der Waals surface area (Å²) >= 11 is 1.85. The first kappa shape index (κ1) is 15.0. The van der Waals surface area contributed by atoms with Crippen LogP contribution in [0.3, 0.4) is 0 Å². The maximum atomic E-state index is 6.29. The van der Waals surface area contributed by atoms with E-state index in [0.29, 0.717) is 12.1 Å². The van der Waals surface area contributed by atoms with Crippen LogP contribution in [-0.4, -0.2) is 48.1 Å². The number of piperazine rings is 1. The monoisotopic (exact) mass is 281 g/mol. The van der Waals surface area contributed by atoms with Gasteiger partial charge in [0.25, 0.3) is 0 Å². The summed E-state index contributed by atoms with van der Waals surface area (Å²) in [7, 11) is 0. The van der Waals surface area contributed by atoms with Crippen LogP contribution in [-0.2, 0) is 0 Å². The Hall–Kier alpha value is -0.420. The molecule has 108 valence electrons. The lowest BCUT2D eigenvalue weighted by Gasteiger charge is -2.44. The minimum Gasteiger partial charge on any atom is -0.326 e. The summed E-state index contributed by atoms with van der Waals surface area (Å²) in [5.41, 5.74) is 7.68. The Labute approximate surface area is 121 Å². The van der Waals surface area contributed by atoms with Crippen LogP contribution in [0.15, 0.2) is 11.4 Å². The Morgan fingerprint density at radius 3 is 2.68 bits per heavy atom. The molecule has 0 bridgehead atoms. The van der Waals surface area contributed by atoms with Crippen molar-refractivity contribution in [2.75, 3.05) is 26.2 Å². The first-order valence-corrected chi connectivity index (χ1v) is 8.20. The van der Waals surface area contributed by atoms with Gasteiger partial charge in [-0.05, 0) is 44.3 Å². The predicted molar refractivity (Wildman–Crippen MR) is 83.7 cm³/mol. The average Bonchev–Trinajstić information content (AvgIpc) is 2.76. The highest BCUT2D eigenvalue weighted by Crippen LogP contribution is 2.32. The second-order valence-corrected chi connectivity index (χ2v) is 6.69. The van der Waals surface area contributed by atoms with E-state index in [0.717, 1.165) is 26.2 Å². The van der Waals surface area contributed by atoms with Crippen molar-refractivity contribution in [1.29, 1.82) is 0 Å². The highest BCUT2D eigenvalue weighted by Gasteiger charge is 2.31. The van der Waals surface area contributed by atoms with E-state index in [1.54, 1.807) is 0 Å². The van der Waals surface area contributed by atoms with Crippen molar-refractivity contribution >= 4 is 11.3 Å². The molecule has 0 saturated carbocycles. The molecule has 1 aliphatic heterocycles. The molecule has 3 unspecified atom stereocenters. The number of nitrogens with zero attached hydrogens (tertiary/aromatic N) is 2. The summed E-state index contributed by atoms with van der Waals surface area (Å²) in [5, 5.41) is 2.19. The summed E-state index contributed by atoms with van der Waals surface area (Å²) < 4.78 is 0. The quantitative estimate of drug-likeness (QED) is 0.920. The van der Waals surface area contributed by atoms with Gasteiger partial charge in [-0.25, -0.2) is 0 Å². The average molecular weight is 281 g/mol. The molecule has 19 heavy (non-hydrogen) atoms. The van der Waals surface area contributed by atoms with Crippen LogP contribution in [0.5, 0.6) is 0 Å². The van der Waals surface area contributed by atoms with E-state index in [4.69, 9.17) is 5.73 Å². The standard InChI is InChI=1S/C15H27N3S/c1-5-17-7-8-18(10-12(17)3)14(13(4)16)15-11(2)6-9-19-15/h6,9,12-14H,5,7-8,10,16H2,1-4H3. The molecular formula is C15H27N3S. The summed E-state index contributed by atoms with van der Waals surface area (Å²) in [6.07, 6.45) is 0. The number of thiophene rings is 1. The van der Waals surface area contributed by atoms with Crippen LogP contribution in [0.25, 0.3) is 0 Å². The molecule has 0 aliphatic carbocycles. The second-order valence-electron chi connectivity index (χ2n) is 5.74. The van der Waals surface area contributed by atoms with Gasteiger partial charge in [-0.3, -0.25) is 9.80 Å². The van der Waals surface area contributed by atoms with Gasteiger partial charge < -0.3 is 5.73 Å². The molecule has 2 heterocycles. The number of nitrogens with two attached hydrogens (primary N) is 1. The lowest BCUT2D eigenvalue weighted by Crippen LogP contribution is -2.54. The molecule has 3 nitrogen and oxygen atoms in total. The highest BCUT2D eigenvalue weighted by molar-refractivity contribution is 7.10. The van der Waals surface area contributed by atoms with Gasteiger partial charge in [-0.1, -0.05) is 6.92 Å². The van der Waals surface area contributed by atoms with E-state index in [-0.39, 0.29) is 6.04 Å². The molecule has 0 radical (unpaired) electrons. The van der Waals surface area contributed by atoms with Crippen LogP contribution < -0.4 is 5.73 Å². The lowest BCUT2D eigenvalue weighted by molar-refractivity contribution is 0.0526. The van der Waals surface area contributed by atoms with E-state index >= 15 is 0 Å². The zero-order chi connectivity index (χ0) is 14.0. The molecular weight excluding hydrogens is 254 g/mol. The normalized spacial score (nSPS) is 25.4. The van der Waals surface area contributed by atoms with Crippen LogP contribution >= 0.6 is 11.3 Å². The molecule has 0 amide bonds. The SMILES string of the molecule is CCN1CCN(C(c2sccc2C)C(C)N)CC1C. The van der Waals surface area contributed by atoms with Crippen LogP contribution in [0.1, 0.15) is 37.3 Å². The Kier molecular flexibility index (Phi) is 5.01. The van der Waals surface area contributed by atoms with Gasteiger partial charge >= 0.3 is 0 Å². The van der Waals surface area contributed by atoms with Crippen LogP contribution in [0.4, 0.5) is 0 Å². The van der Waals surface area contributed by atoms with Gasteiger partial charge in [0.05, 0.1) is 6.04 Å². The third-order valence-electron chi connectivity index (χ3n) is 4.26. The third kappa shape index (κ3) is 3.19. The highest BCUT2D eigenvalue weighted by atomic mass is 32.1. The summed E-state index contributed by atoms with van der Waals surface area (Å²) in [5.74, 6) is 0. The molecule has 1 fully saturated rings. The van der Waals surface area contributed by atoms with Crippen molar-refractivity contribution in [3.63, 3.8) is 0 Å². The summed E-state index contributed by atoms with van der Waals surface area (Å²) in [6, 6.07) is 3.39. The maximum Gasteiger partial charge on any atom is 0.0594 e. The van der Waals surface area contributed by atoms with Crippen LogP contribution in [0.2, 0.25) is 0 Å². The molecule has 1 aromatic heterocycles. The molecule has 2 N–H and O–H groups in total. The fourth-order valence-corrected chi connectivity index (χ4v) is 4.35. The number of aryl methyl sites for hydroxylation is 1. The van der Waals surface area contributed by atoms with Gasteiger partial charge in [0.15, 0.2) is 0 Å². The van der Waals surface area contributed by atoms with Gasteiger partial charge in [0.2, 0.25) is 0 Å². The van der Waals surface area contributed by atoms with Gasteiger partial charge in [-0.2, -0.15) is 0 Å². The molecule has 1 saturated heterocycles. The van der Waals surface area contributed by atoms with E-state index in [9.17, 15) is 0 Å². The number of rotatable bonds is 4.